The van der Waals surface area contributed by atoms with E-state index in [0.29, 0.717) is 13.0 Å². The van der Waals surface area contributed by atoms with E-state index in [0.717, 1.165) is 25.9 Å². The highest BCUT2D eigenvalue weighted by molar-refractivity contribution is 5.89. The zero-order valence-corrected chi connectivity index (χ0v) is 15.8. The third kappa shape index (κ3) is 9.62. The Morgan fingerprint density at radius 2 is 1.65 bits per heavy atom. The fraction of sp³-hybridized carbons (Fsp3) is 0.895. The largest absolute Gasteiger partial charge is 0.356 e. The van der Waals surface area contributed by atoms with E-state index in [2.05, 4.69) is 19.2 Å². The number of carbonyl (C=O) groups is 2. The number of likely N-dealkylation sites (tertiary alicyclic amines) is 1. The average molecular weight is 327 g/mol. The number of nitrogens with one attached hydrogen (secondary N) is 1. The van der Waals surface area contributed by atoms with Crippen LogP contribution in [0.3, 0.4) is 0 Å². The summed E-state index contributed by atoms with van der Waals surface area (Å²) in [4.78, 5) is 25.8. The molecule has 1 fully saturated rings. The van der Waals surface area contributed by atoms with Gasteiger partial charge in [0, 0.05) is 26.1 Å². The van der Waals surface area contributed by atoms with Gasteiger partial charge in [-0.15, -0.1) is 0 Å². The van der Waals surface area contributed by atoms with Crippen molar-refractivity contribution in [1.82, 2.24) is 10.2 Å². The van der Waals surface area contributed by atoms with Gasteiger partial charge in [-0.3, -0.25) is 9.59 Å². The molecule has 0 aromatic heterocycles. The Morgan fingerprint density at radius 3 is 2.26 bits per heavy atom. The minimum atomic E-state index is -0.130. The van der Waals surface area contributed by atoms with Crippen molar-refractivity contribution in [1.29, 1.82) is 0 Å². The topological polar surface area (TPSA) is 49.4 Å². The molecule has 0 aliphatic carbocycles. The number of carbonyl (C=O) groups excluding carboxylic acids is 2. The van der Waals surface area contributed by atoms with Crippen LogP contribution in [0.15, 0.2) is 0 Å². The van der Waals surface area contributed by atoms with Crippen molar-refractivity contribution < 1.29 is 9.59 Å². The maximum atomic E-state index is 12.1. The van der Waals surface area contributed by atoms with Crippen molar-refractivity contribution in [3.8, 4) is 0 Å². The molecular weight excluding hydrogens is 288 g/mol. The van der Waals surface area contributed by atoms with Crippen LogP contribution in [0.5, 0.6) is 0 Å². The molecule has 1 atom stereocenters. The monoisotopic (exact) mass is 326 g/mol. The maximum Gasteiger partial charge on any atom is 0.225 e. The molecule has 1 N–H and O–H groups in total. The summed E-state index contributed by atoms with van der Waals surface area (Å²) in [5.41, 5.74) is 0. The molecule has 1 aliphatic heterocycles. The van der Waals surface area contributed by atoms with Gasteiger partial charge in [0.15, 0.2) is 0 Å². The Labute approximate surface area is 143 Å². The highest BCUT2D eigenvalue weighted by atomic mass is 16.2. The van der Waals surface area contributed by atoms with Gasteiger partial charge >= 0.3 is 0 Å². The molecule has 0 aromatic rings. The lowest BCUT2D eigenvalue weighted by Gasteiger charge is -2.16. The molecule has 1 rings (SSSR count). The van der Waals surface area contributed by atoms with Gasteiger partial charge in [-0.1, -0.05) is 66.2 Å². The van der Waals surface area contributed by atoms with Crippen LogP contribution in [0, 0.1) is 5.92 Å². The summed E-state index contributed by atoms with van der Waals surface area (Å²) < 4.78 is 0. The first-order chi connectivity index (χ1) is 11.2. The fourth-order valence-corrected chi connectivity index (χ4v) is 2.80. The van der Waals surface area contributed by atoms with E-state index >= 15 is 0 Å². The van der Waals surface area contributed by atoms with Crippen molar-refractivity contribution in [2.45, 2.75) is 85.5 Å². The van der Waals surface area contributed by atoms with Crippen LogP contribution in [0.2, 0.25) is 0 Å². The van der Waals surface area contributed by atoms with Crippen LogP contribution < -0.4 is 5.32 Å². The summed E-state index contributed by atoms with van der Waals surface area (Å²) in [6, 6.07) is 0. The Kier molecular flexibility index (Phi) is 13.9. The smallest absolute Gasteiger partial charge is 0.225 e. The lowest BCUT2D eigenvalue weighted by atomic mass is 10.1. The van der Waals surface area contributed by atoms with E-state index < -0.39 is 0 Å². The highest BCUT2D eigenvalue weighted by Gasteiger charge is 2.33. The molecule has 0 spiro atoms. The zero-order chi connectivity index (χ0) is 17.5. The maximum absolute atomic E-state index is 12.1. The van der Waals surface area contributed by atoms with Crippen LogP contribution in [0.1, 0.15) is 85.5 Å². The molecule has 1 saturated heterocycles. The van der Waals surface area contributed by atoms with Crippen LogP contribution in [-0.2, 0) is 9.59 Å². The van der Waals surface area contributed by atoms with Gasteiger partial charge < -0.3 is 10.2 Å². The molecular formula is C19H38N2O2. The quantitative estimate of drug-likeness (QED) is 0.580. The minimum Gasteiger partial charge on any atom is -0.356 e. The lowest BCUT2D eigenvalue weighted by molar-refractivity contribution is -0.129. The van der Waals surface area contributed by atoms with Crippen LogP contribution in [0.4, 0.5) is 0 Å². The van der Waals surface area contributed by atoms with Crippen molar-refractivity contribution >= 4 is 11.8 Å². The summed E-state index contributed by atoms with van der Waals surface area (Å²) in [6.45, 7) is 10.5. The van der Waals surface area contributed by atoms with Crippen molar-refractivity contribution in [3.05, 3.63) is 0 Å². The van der Waals surface area contributed by atoms with Gasteiger partial charge in [0.2, 0.25) is 11.8 Å². The number of rotatable bonds is 11. The number of nitrogens with zero attached hydrogens (tertiary/aromatic N) is 1. The van der Waals surface area contributed by atoms with Gasteiger partial charge in [0.25, 0.3) is 0 Å². The Morgan fingerprint density at radius 1 is 1.04 bits per heavy atom. The van der Waals surface area contributed by atoms with Gasteiger partial charge in [0.1, 0.15) is 0 Å². The summed E-state index contributed by atoms with van der Waals surface area (Å²) in [5.74, 6) is 0.0865. The van der Waals surface area contributed by atoms with E-state index in [-0.39, 0.29) is 17.7 Å². The number of hydrogen-bond donors (Lipinski definition) is 1. The second-order valence-electron chi connectivity index (χ2n) is 6.15. The normalized spacial score (nSPS) is 17.0. The molecule has 1 heterocycles. The van der Waals surface area contributed by atoms with E-state index in [9.17, 15) is 9.59 Å². The summed E-state index contributed by atoms with van der Waals surface area (Å²) in [5, 5.41) is 2.98. The van der Waals surface area contributed by atoms with Gasteiger partial charge in [0.05, 0.1) is 5.92 Å². The first-order valence-corrected chi connectivity index (χ1v) is 9.74. The van der Waals surface area contributed by atoms with Gasteiger partial charge in [-0.25, -0.2) is 0 Å². The van der Waals surface area contributed by atoms with Crippen molar-refractivity contribution in [3.63, 3.8) is 0 Å². The van der Waals surface area contributed by atoms with Crippen molar-refractivity contribution in [2.75, 3.05) is 19.6 Å². The molecule has 4 nitrogen and oxygen atoms in total. The van der Waals surface area contributed by atoms with E-state index in [4.69, 9.17) is 0 Å². The molecule has 136 valence electrons. The molecule has 4 heteroatoms. The minimum absolute atomic E-state index is 0.0657. The molecule has 1 aliphatic rings. The van der Waals surface area contributed by atoms with E-state index in [1.807, 2.05) is 18.7 Å². The predicted molar refractivity (Wildman–Crippen MR) is 97.3 cm³/mol. The second-order valence-corrected chi connectivity index (χ2v) is 6.15. The zero-order valence-electron chi connectivity index (χ0n) is 15.8. The van der Waals surface area contributed by atoms with Gasteiger partial charge in [-0.2, -0.15) is 0 Å². The van der Waals surface area contributed by atoms with Crippen LogP contribution >= 0.6 is 0 Å². The second kappa shape index (κ2) is 14.5. The van der Waals surface area contributed by atoms with Crippen LogP contribution in [-0.4, -0.2) is 36.3 Å². The molecule has 0 radical (unpaired) electrons. The molecule has 2 amide bonds. The molecule has 0 aromatic carbocycles. The number of amides is 2. The van der Waals surface area contributed by atoms with Crippen LogP contribution in [0.25, 0.3) is 0 Å². The summed E-state index contributed by atoms with van der Waals surface area (Å²) in [6.07, 6.45) is 9.71. The highest BCUT2D eigenvalue weighted by Crippen LogP contribution is 2.18. The lowest BCUT2D eigenvalue weighted by Crippen LogP contribution is -2.33. The first-order valence-electron chi connectivity index (χ1n) is 9.74. The Balaban J connectivity index is 0.00000232. The SMILES string of the molecule is CC.CCCCCCNC(=O)C1CC(=O)N(CCCCCC)C1. The standard InChI is InChI=1S/C17H32N2O2.C2H6/c1-3-5-7-9-11-18-17(21)15-13-16(20)19(14-15)12-10-8-6-4-2;1-2/h15H,3-14H2,1-2H3,(H,18,21);1-2H3. The molecule has 0 saturated carbocycles. The molecule has 0 bridgehead atoms. The Bertz CT molecular complexity index is 318. The predicted octanol–water partition coefficient (Wildman–Crippen LogP) is 4.14. The number of hydrogen-bond acceptors (Lipinski definition) is 2. The van der Waals surface area contributed by atoms with Crippen molar-refractivity contribution in [2.24, 2.45) is 5.92 Å². The molecule has 1 unspecified atom stereocenters. The Hall–Kier alpha value is -1.06. The first kappa shape index (κ1) is 21.9. The fourth-order valence-electron chi connectivity index (χ4n) is 2.80. The molecule has 23 heavy (non-hydrogen) atoms. The third-order valence-corrected chi connectivity index (χ3v) is 4.20. The summed E-state index contributed by atoms with van der Waals surface area (Å²) in [7, 11) is 0. The number of unbranched alkanes of at least 4 members (excludes halogenated alkanes) is 6. The van der Waals surface area contributed by atoms with E-state index in [1.54, 1.807) is 0 Å². The average Bonchev–Trinajstić information content (AvgIpc) is 2.94. The van der Waals surface area contributed by atoms with Gasteiger partial charge in [-0.05, 0) is 12.8 Å². The van der Waals surface area contributed by atoms with E-state index in [1.165, 1.54) is 38.5 Å². The summed E-state index contributed by atoms with van der Waals surface area (Å²) >= 11 is 0. The third-order valence-electron chi connectivity index (χ3n) is 4.20.